The minimum absolute atomic E-state index is 0.00435. The van der Waals surface area contributed by atoms with Gasteiger partial charge in [-0.1, -0.05) is 92.8 Å². The van der Waals surface area contributed by atoms with E-state index in [1.165, 1.54) is 27.0 Å². The molecule has 1 saturated heterocycles. The number of fused-ring (bicyclic) bond motifs is 2. The van der Waals surface area contributed by atoms with Gasteiger partial charge in [-0.2, -0.15) is 0 Å². The maximum Gasteiger partial charge on any atom is 0.242 e. The molecule has 2 unspecified atom stereocenters. The summed E-state index contributed by atoms with van der Waals surface area (Å²) in [6.45, 7) is 21.3. The van der Waals surface area contributed by atoms with Gasteiger partial charge >= 0.3 is 0 Å². The van der Waals surface area contributed by atoms with Crippen molar-refractivity contribution in [3.05, 3.63) is 167 Å². The Morgan fingerprint density at radius 2 is 1.29 bits per heavy atom. The molecule has 0 spiro atoms. The smallest absolute Gasteiger partial charge is 0.242 e. The van der Waals surface area contributed by atoms with Crippen molar-refractivity contribution in [3.63, 3.8) is 0 Å². The third kappa shape index (κ3) is 18.9. The van der Waals surface area contributed by atoms with Gasteiger partial charge in [-0.25, -0.2) is 0 Å². The van der Waals surface area contributed by atoms with Crippen LogP contribution < -0.4 is 25.4 Å². The first-order valence-electron chi connectivity index (χ1n) is 23.0. The van der Waals surface area contributed by atoms with Gasteiger partial charge in [-0.3, -0.25) is 24.4 Å². The van der Waals surface area contributed by atoms with Gasteiger partial charge < -0.3 is 30.2 Å². The van der Waals surface area contributed by atoms with Crippen LogP contribution in [0.15, 0.2) is 164 Å². The Bertz CT molecular complexity index is 2240. The zero-order chi connectivity index (χ0) is 49.7. The van der Waals surface area contributed by atoms with Crippen LogP contribution in [0.4, 0.5) is 0 Å². The van der Waals surface area contributed by atoms with Gasteiger partial charge in [0.25, 0.3) is 0 Å². The minimum Gasteiger partial charge on any atom is -0.497 e. The number of aliphatic imine (C=N–C) groups is 2. The van der Waals surface area contributed by atoms with E-state index >= 15 is 0 Å². The fourth-order valence-corrected chi connectivity index (χ4v) is 8.01. The zero-order valence-electron chi connectivity index (χ0n) is 40.9. The minimum atomic E-state index is -0.357. The SMILES string of the molecule is C=CC(C)C(=O)NCCOCC.C=CCC(=O)NC1CCCCNC1=O.CC.COc1ccc(C2=NC(C)=CSc3ccccc32)cc1.COc1ccc(C2=NC(C)=CSc3ccccc32)cc1. The van der Waals surface area contributed by atoms with Crippen LogP contribution in [0.1, 0.15) is 89.5 Å². The van der Waals surface area contributed by atoms with E-state index in [1.807, 2.05) is 65.8 Å². The Morgan fingerprint density at radius 3 is 1.75 bits per heavy atom. The molecule has 1 fully saturated rings. The van der Waals surface area contributed by atoms with E-state index in [4.69, 9.17) is 24.2 Å². The molecule has 2 atom stereocenters. The molecule has 0 aliphatic carbocycles. The van der Waals surface area contributed by atoms with Crippen LogP contribution in [-0.2, 0) is 19.1 Å². The highest BCUT2D eigenvalue weighted by molar-refractivity contribution is 8.02. The molecule has 3 aliphatic heterocycles. The summed E-state index contributed by atoms with van der Waals surface area (Å²) in [5.74, 6) is 1.40. The first-order valence-corrected chi connectivity index (χ1v) is 24.8. The van der Waals surface area contributed by atoms with Crippen LogP contribution in [0.3, 0.4) is 0 Å². The van der Waals surface area contributed by atoms with Gasteiger partial charge in [-0.05, 0) is 112 Å². The lowest BCUT2D eigenvalue weighted by Crippen LogP contribution is -2.45. The molecule has 0 saturated carbocycles. The molecule has 3 aliphatic rings. The molecule has 0 radical (unpaired) electrons. The van der Waals surface area contributed by atoms with E-state index < -0.39 is 0 Å². The molecule has 0 bridgehead atoms. The van der Waals surface area contributed by atoms with E-state index in [2.05, 4.69) is 113 Å². The lowest BCUT2D eigenvalue weighted by atomic mass is 10.0. The average molecular weight is 960 g/mol. The molecule has 13 heteroatoms. The standard InChI is InChI=1S/2C17H15NOS.C10H16N2O2.C9H17NO2.C2H6/c2*1-12-11-20-16-6-4-3-5-15(16)17(18-12)13-7-9-14(19-2)10-8-13;1-2-5-9(13)12-8-6-3-4-7-11-10(8)14;1-4-8(3)9(11)10-6-7-12-5-2;1-2/h2*3-11H,1-2H3;2,8H,1,3-7H2,(H,11,14)(H,12,13);4,8H,1,5-7H2,2-3H3,(H,10,11);1-2H3. The largest absolute Gasteiger partial charge is 0.497 e. The summed E-state index contributed by atoms with van der Waals surface area (Å²) in [6, 6.07) is 32.5. The van der Waals surface area contributed by atoms with Crippen molar-refractivity contribution < 1.29 is 28.6 Å². The lowest BCUT2D eigenvalue weighted by Gasteiger charge is -2.14. The number of allylic oxidation sites excluding steroid dienone is 2. The van der Waals surface area contributed by atoms with E-state index in [1.54, 1.807) is 43.8 Å². The summed E-state index contributed by atoms with van der Waals surface area (Å²) in [5.41, 5.74) is 8.64. The Hall–Kier alpha value is -6.15. The number of carbonyl (C=O) groups excluding carboxylic acids is 3. The Balaban J connectivity index is 0.000000243. The predicted molar refractivity (Wildman–Crippen MR) is 283 cm³/mol. The normalized spacial score (nSPS) is 14.9. The van der Waals surface area contributed by atoms with Crippen molar-refractivity contribution >= 4 is 52.7 Å². The van der Waals surface area contributed by atoms with Gasteiger partial charge in [0, 0.05) is 69.6 Å². The van der Waals surface area contributed by atoms with Crippen LogP contribution in [0.25, 0.3) is 0 Å². The second kappa shape index (κ2) is 31.8. The average Bonchev–Trinajstić information content (AvgIpc) is 3.77. The number of ether oxygens (including phenoxy) is 3. The van der Waals surface area contributed by atoms with Crippen molar-refractivity contribution in [2.24, 2.45) is 15.9 Å². The summed E-state index contributed by atoms with van der Waals surface area (Å²) >= 11 is 3.44. The number of nitrogens with one attached hydrogen (secondary N) is 3. The second-order valence-electron chi connectivity index (χ2n) is 15.0. The van der Waals surface area contributed by atoms with Crippen LogP contribution in [0.5, 0.6) is 11.5 Å². The van der Waals surface area contributed by atoms with Gasteiger partial charge in [0.2, 0.25) is 17.7 Å². The molecule has 3 heterocycles. The first-order chi connectivity index (χ1) is 33.0. The van der Waals surface area contributed by atoms with E-state index in [9.17, 15) is 14.4 Å². The highest BCUT2D eigenvalue weighted by atomic mass is 32.2. The molecule has 7 rings (SSSR count). The van der Waals surface area contributed by atoms with Crippen molar-refractivity contribution in [1.29, 1.82) is 0 Å². The number of hydrogen-bond donors (Lipinski definition) is 3. The lowest BCUT2D eigenvalue weighted by molar-refractivity contribution is -0.128. The van der Waals surface area contributed by atoms with Crippen molar-refractivity contribution in [2.45, 2.75) is 83.1 Å². The number of hydrogen-bond acceptors (Lipinski definition) is 10. The molecule has 362 valence electrons. The van der Waals surface area contributed by atoms with Gasteiger partial charge in [0.05, 0.1) is 38.2 Å². The molecule has 0 aromatic heterocycles. The molecule has 3 N–H and O–H groups in total. The summed E-state index contributed by atoms with van der Waals surface area (Å²) in [6.07, 6.45) is 6.11. The maximum absolute atomic E-state index is 11.4. The number of nitrogens with zero attached hydrogens (tertiary/aromatic N) is 2. The highest BCUT2D eigenvalue weighted by Gasteiger charge is 2.22. The quantitative estimate of drug-likeness (QED) is 0.0889. The molecule has 4 aromatic carbocycles. The Kier molecular flexibility index (Phi) is 26.2. The summed E-state index contributed by atoms with van der Waals surface area (Å²) in [5, 5.41) is 12.4. The van der Waals surface area contributed by atoms with E-state index in [-0.39, 0.29) is 36.1 Å². The van der Waals surface area contributed by atoms with Gasteiger partial charge in [0.1, 0.15) is 17.5 Å². The Morgan fingerprint density at radius 1 is 0.794 bits per heavy atom. The van der Waals surface area contributed by atoms with Crippen molar-refractivity contribution in [2.75, 3.05) is 40.5 Å². The number of methoxy groups -OCH3 is 2. The van der Waals surface area contributed by atoms with E-state index in [0.717, 1.165) is 64.7 Å². The summed E-state index contributed by atoms with van der Waals surface area (Å²) < 4.78 is 15.5. The zero-order valence-corrected chi connectivity index (χ0v) is 42.6. The monoisotopic (exact) mass is 959 g/mol. The molecule has 3 amide bonds. The fraction of sp³-hybridized carbons (Fsp3) is 0.327. The molecule has 11 nitrogen and oxygen atoms in total. The first kappa shape index (κ1) is 56.2. The number of carbonyl (C=O) groups is 3. The van der Waals surface area contributed by atoms with Crippen molar-refractivity contribution in [1.82, 2.24) is 16.0 Å². The van der Waals surface area contributed by atoms with E-state index in [0.29, 0.717) is 26.3 Å². The molecular formula is C55H69N5O6S2. The third-order valence-corrected chi connectivity index (χ3v) is 12.2. The topological polar surface area (TPSA) is 140 Å². The van der Waals surface area contributed by atoms with Crippen LogP contribution in [0, 0.1) is 5.92 Å². The molecule has 68 heavy (non-hydrogen) atoms. The second-order valence-corrected chi connectivity index (χ2v) is 16.9. The highest BCUT2D eigenvalue weighted by Crippen LogP contribution is 2.32. The van der Waals surface area contributed by atoms with Crippen molar-refractivity contribution in [3.8, 4) is 11.5 Å². The predicted octanol–water partition coefficient (Wildman–Crippen LogP) is 11.3. The Labute approximate surface area is 413 Å². The van der Waals surface area contributed by atoms with Crippen LogP contribution in [0.2, 0.25) is 0 Å². The number of benzene rings is 4. The van der Waals surface area contributed by atoms with Crippen LogP contribution in [-0.4, -0.2) is 75.7 Å². The summed E-state index contributed by atoms with van der Waals surface area (Å²) in [4.78, 5) is 45.7. The van der Waals surface area contributed by atoms with Gasteiger partial charge in [0.15, 0.2) is 0 Å². The third-order valence-electron chi connectivity index (χ3n) is 10.0. The maximum atomic E-state index is 11.4. The van der Waals surface area contributed by atoms with Gasteiger partial charge in [-0.15, -0.1) is 13.2 Å². The number of rotatable bonds is 13. The molecular weight excluding hydrogens is 891 g/mol. The number of amides is 3. The number of thioether (sulfide) groups is 2. The summed E-state index contributed by atoms with van der Waals surface area (Å²) in [7, 11) is 3.36. The van der Waals surface area contributed by atoms with Crippen LogP contribution >= 0.6 is 23.5 Å². The molecule has 4 aromatic rings. The fourth-order valence-electron chi connectivity index (χ4n) is 6.41.